The minimum atomic E-state index is -0.214. The second-order valence-electron chi connectivity index (χ2n) is 5.86. The first kappa shape index (κ1) is 21.3. The summed E-state index contributed by atoms with van der Waals surface area (Å²) in [5, 5.41) is 3.39. The number of nitrogens with one attached hydrogen (secondary N) is 3. The van der Waals surface area contributed by atoms with Crippen molar-refractivity contribution in [3.63, 3.8) is 0 Å². The maximum Gasteiger partial charge on any atom is 0.242 e. The molecule has 2 aromatic rings. The number of hydrogen-bond donors (Lipinski definition) is 3. The maximum absolute atomic E-state index is 12.1. The lowest BCUT2D eigenvalue weighted by molar-refractivity contribution is -0.121. The second kappa shape index (κ2) is 11.0. The van der Waals surface area contributed by atoms with Gasteiger partial charge >= 0.3 is 0 Å². The number of amides is 1. The molecule has 2 aromatic carbocycles. The highest BCUT2D eigenvalue weighted by Crippen LogP contribution is 2.27. The SMILES string of the molecule is COc1ccccc1CC(=O)NNC(=S)NCCc1ccc(OC)c(OC)c1. The van der Waals surface area contributed by atoms with Crippen LogP contribution in [0.1, 0.15) is 11.1 Å². The number of benzene rings is 2. The number of hydrogen-bond acceptors (Lipinski definition) is 5. The van der Waals surface area contributed by atoms with E-state index in [2.05, 4.69) is 16.2 Å². The maximum atomic E-state index is 12.1. The van der Waals surface area contributed by atoms with Gasteiger partial charge in [-0.2, -0.15) is 0 Å². The third kappa shape index (κ3) is 6.31. The quantitative estimate of drug-likeness (QED) is 0.459. The predicted molar refractivity (Wildman–Crippen MR) is 112 cm³/mol. The molecule has 0 heterocycles. The van der Waals surface area contributed by atoms with Crippen molar-refractivity contribution in [3.05, 3.63) is 53.6 Å². The van der Waals surface area contributed by atoms with Crippen LogP contribution in [0.25, 0.3) is 0 Å². The zero-order valence-corrected chi connectivity index (χ0v) is 17.0. The summed E-state index contributed by atoms with van der Waals surface area (Å²) in [6.07, 6.45) is 0.919. The van der Waals surface area contributed by atoms with E-state index in [9.17, 15) is 4.79 Å². The van der Waals surface area contributed by atoms with Gasteiger partial charge in [0.15, 0.2) is 16.6 Å². The van der Waals surface area contributed by atoms with Crippen LogP contribution in [-0.4, -0.2) is 38.9 Å². The van der Waals surface area contributed by atoms with Crippen molar-refractivity contribution in [1.29, 1.82) is 0 Å². The average Bonchev–Trinajstić information content (AvgIpc) is 2.72. The Hall–Kier alpha value is -3.00. The Labute approximate surface area is 170 Å². The number of carbonyl (C=O) groups excluding carboxylic acids is 1. The molecule has 0 aliphatic carbocycles. The van der Waals surface area contributed by atoms with Crippen LogP contribution >= 0.6 is 12.2 Å². The van der Waals surface area contributed by atoms with Crippen molar-refractivity contribution in [2.24, 2.45) is 0 Å². The van der Waals surface area contributed by atoms with Gasteiger partial charge < -0.3 is 19.5 Å². The third-order valence-electron chi connectivity index (χ3n) is 4.01. The molecule has 7 nitrogen and oxygen atoms in total. The van der Waals surface area contributed by atoms with Crippen LogP contribution in [0.15, 0.2) is 42.5 Å². The second-order valence-corrected chi connectivity index (χ2v) is 6.27. The number of methoxy groups -OCH3 is 3. The lowest BCUT2D eigenvalue weighted by atomic mass is 10.1. The van der Waals surface area contributed by atoms with Crippen LogP contribution < -0.4 is 30.4 Å². The van der Waals surface area contributed by atoms with Crippen molar-refractivity contribution < 1.29 is 19.0 Å². The van der Waals surface area contributed by atoms with E-state index in [1.165, 1.54) is 0 Å². The molecule has 0 spiro atoms. The number of hydrazine groups is 1. The van der Waals surface area contributed by atoms with Crippen LogP contribution in [0.5, 0.6) is 17.2 Å². The largest absolute Gasteiger partial charge is 0.496 e. The topological polar surface area (TPSA) is 80.9 Å². The minimum Gasteiger partial charge on any atom is -0.496 e. The fourth-order valence-corrected chi connectivity index (χ4v) is 2.75. The van der Waals surface area contributed by atoms with Crippen LogP contribution in [0.4, 0.5) is 0 Å². The zero-order chi connectivity index (χ0) is 20.4. The van der Waals surface area contributed by atoms with Crippen molar-refractivity contribution in [1.82, 2.24) is 16.2 Å². The first-order valence-electron chi connectivity index (χ1n) is 8.72. The third-order valence-corrected chi connectivity index (χ3v) is 4.25. The van der Waals surface area contributed by atoms with Gasteiger partial charge in [0.2, 0.25) is 5.91 Å². The summed E-state index contributed by atoms with van der Waals surface area (Å²) < 4.78 is 15.8. The standard InChI is InChI=1S/C20H25N3O4S/c1-25-16-7-5-4-6-15(16)13-19(24)22-23-20(28)21-11-10-14-8-9-17(26-2)18(12-14)27-3/h4-9,12H,10-11,13H2,1-3H3,(H,22,24)(H2,21,23,28). The fourth-order valence-electron chi connectivity index (χ4n) is 2.59. The summed E-state index contributed by atoms with van der Waals surface area (Å²) in [4.78, 5) is 12.1. The molecule has 0 aromatic heterocycles. The Morgan fingerprint density at radius 1 is 0.929 bits per heavy atom. The zero-order valence-electron chi connectivity index (χ0n) is 16.2. The molecular weight excluding hydrogens is 378 g/mol. The van der Waals surface area contributed by atoms with Crippen LogP contribution in [-0.2, 0) is 17.6 Å². The first-order chi connectivity index (χ1) is 13.6. The van der Waals surface area contributed by atoms with Gasteiger partial charge in [0, 0.05) is 12.1 Å². The number of ether oxygens (including phenoxy) is 3. The molecule has 150 valence electrons. The van der Waals surface area contributed by atoms with E-state index in [1.54, 1.807) is 21.3 Å². The van der Waals surface area contributed by atoms with E-state index in [0.717, 1.165) is 17.5 Å². The Balaban J connectivity index is 1.73. The number of carbonyl (C=O) groups is 1. The molecule has 0 bridgehead atoms. The van der Waals surface area contributed by atoms with Crippen molar-refractivity contribution in [3.8, 4) is 17.2 Å². The lowest BCUT2D eigenvalue weighted by Gasteiger charge is -2.13. The number of thiocarbonyl (C=S) groups is 1. The van der Waals surface area contributed by atoms with Crippen molar-refractivity contribution in [2.75, 3.05) is 27.9 Å². The van der Waals surface area contributed by atoms with Crippen LogP contribution in [0.2, 0.25) is 0 Å². The van der Waals surface area contributed by atoms with Crippen molar-refractivity contribution >= 4 is 23.2 Å². The molecule has 0 saturated carbocycles. The molecule has 3 N–H and O–H groups in total. The molecule has 0 radical (unpaired) electrons. The molecule has 28 heavy (non-hydrogen) atoms. The smallest absolute Gasteiger partial charge is 0.242 e. The van der Waals surface area contributed by atoms with E-state index in [1.807, 2.05) is 42.5 Å². The van der Waals surface area contributed by atoms with Gasteiger partial charge in [-0.25, -0.2) is 0 Å². The van der Waals surface area contributed by atoms with Crippen LogP contribution in [0, 0.1) is 0 Å². The Kier molecular flexibility index (Phi) is 8.36. The highest BCUT2D eigenvalue weighted by Gasteiger charge is 2.08. The summed E-state index contributed by atoms with van der Waals surface area (Å²) in [6, 6.07) is 13.1. The van der Waals surface area contributed by atoms with Gasteiger partial charge in [-0.05, 0) is 42.4 Å². The predicted octanol–water partition coefficient (Wildman–Crippen LogP) is 1.99. The molecule has 8 heteroatoms. The van der Waals surface area contributed by atoms with Gasteiger partial charge in [-0.3, -0.25) is 15.6 Å². The van der Waals surface area contributed by atoms with E-state index >= 15 is 0 Å². The fraction of sp³-hybridized carbons (Fsp3) is 0.300. The summed E-state index contributed by atoms with van der Waals surface area (Å²) in [7, 11) is 4.78. The molecule has 0 atom stereocenters. The van der Waals surface area contributed by atoms with Crippen LogP contribution in [0.3, 0.4) is 0 Å². The van der Waals surface area contributed by atoms with Gasteiger partial charge in [0.25, 0.3) is 0 Å². The summed E-state index contributed by atoms with van der Waals surface area (Å²) in [6.45, 7) is 0.601. The number of rotatable bonds is 8. The molecular formula is C20H25N3O4S. The summed E-state index contributed by atoms with van der Waals surface area (Å²) >= 11 is 5.18. The first-order valence-corrected chi connectivity index (χ1v) is 9.13. The molecule has 1 amide bonds. The lowest BCUT2D eigenvalue weighted by Crippen LogP contribution is -2.47. The van der Waals surface area contributed by atoms with E-state index < -0.39 is 0 Å². The summed E-state index contributed by atoms with van der Waals surface area (Å²) in [5.41, 5.74) is 7.16. The van der Waals surface area contributed by atoms with E-state index in [4.69, 9.17) is 26.4 Å². The summed E-state index contributed by atoms with van der Waals surface area (Å²) in [5.74, 6) is 1.83. The minimum absolute atomic E-state index is 0.186. The molecule has 2 rings (SSSR count). The molecule has 0 aliphatic rings. The van der Waals surface area contributed by atoms with Crippen molar-refractivity contribution in [2.45, 2.75) is 12.8 Å². The molecule has 0 aliphatic heterocycles. The highest BCUT2D eigenvalue weighted by atomic mass is 32.1. The molecule has 0 saturated heterocycles. The molecule has 0 fully saturated rings. The highest BCUT2D eigenvalue weighted by molar-refractivity contribution is 7.80. The van der Waals surface area contributed by atoms with Gasteiger partial charge in [0.1, 0.15) is 5.75 Å². The normalized spacial score (nSPS) is 9.96. The molecule has 0 unspecified atom stereocenters. The average molecular weight is 404 g/mol. The number of para-hydroxylation sites is 1. The van der Waals surface area contributed by atoms with E-state index in [-0.39, 0.29) is 12.3 Å². The Bertz CT molecular complexity index is 814. The Morgan fingerprint density at radius 2 is 1.64 bits per heavy atom. The van der Waals surface area contributed by atoms with Gasteiger partial charge in [-0.15, -0.1) is 0 Å². The monoisotopic (exact) mass is 403 g/mol. The van der Waals surface area contributed by atoms with Gasteiger partial charge in [0.05, 0.1) is 27.8 Å². The van der Waals surface area contributed by atoms with Gasteiger partial charge in [-0.1, -0.05) is 24.3 Å². The Morgan fingerprint density at radius 3 is 2.36 bits per heavy atom. The van der Waals surface area contributed by atoms with E-state index in [0.29, 0.717) is 28.9 Å².